The number of nitrogens with zero attached hydrogens (tertiary/aromatic N) is 4. The molecule has 3 N–H and O–H groups in total. The summed E-state index contributed by atoms with van der Waals surface area (Å²) in [7, 11) is 0. The Hall–Kier alpha value is -3.36. The van der Waals surface area contributed by atoms with Crippen molar-refractivity contribution < 1.29 is 9.59 Å². The smallest absolute Gasteiger partial charge is 0.234 e. The number of amides is 1. The van der Waals surface area contributed by atoms with Gasteiger partial charge < -0.3 is 11.1 Å². The molecule has 2 heterocycles. The maximum absolute atomic E-state index is 13.3. The number of nitrogens with one attached hydrogen (secondary N) is 1. The van der Waals surface area contributed by atoms with Gasteiger partial charge in [-0.25, -0.2) is 0 Å². The maximum atomic E-state index is 13.3. The number of allylic oxidation sites excluding steroid dienone is 3. The van der Waals surface area contributed by atoms with Crippen LogP contribution in [0.25, 0.3) is 0 Å². The first-order valence-electron chi connectivity index (χ1n) is 12.0. The molecule has 2 aromatic carbocycles. The molecule has 1 aliphatic carbocycles. The summed E-state index contributed by atoms with van der Waals surface area (Å²) in [5.41, 5.74) is 10.2. The van der Waals surface area contributed by atoms with E-state index in [0.717, 1.165) is 11.3 Å². The second-order valence-electron chi connectivity index (χ2n) is 8.96. The summed E-state index contributed by atoms with van der Waals surface area (Å²) in [5.74, 6) is -0.669. The summed E-state index contributed by atoms with van der Waals surface area (Å²) in [6, 6.07) is 14.9. The third-order valence-corrected chi connectivity index (χ3v) is 9.41. The van der Waals surface area contributed by atoms with Crippen molar-refractivity contribution in [2.45, 2.75) is 36.4 Å². The van der Waals surface area contributed by atoms with E-state index in [1.54, 1.807) is 23.1 Å². The topological polar surface area (TPSA) is 125 Å². The van der Waals surface area contributed by atoms with Crippen molar-refractivity contribution in [2.24, 2.45) is 5.73 Å². The number of rotatable bonds is 6. The summed E-state index contributed by atoms with van der Waals surface area (Å²) in [5, 5.41) is 22.6. The summed E-state index contributed by atoms with van der Waals surface area (Å²) >= 11 is 15.3. The largest absolute Gasteiger partial charge is 0.384 e. The lowest BCUT2D eigenvalue weighted by Gasteiger charge is -2.38. The van der Waals surface area contributed by atoms with Gasteiger partial charge in [-0.3, -0.25) is 14.5 Å². The normalized spacial score (nSPS) is 17.2. The van der Waals surface area contributed by atoms with Gasteiger partial charge in [0.25, 0.3) is 0 Å². The first-order chi connectivity index (χ1) is 18.8. The van der Waals surface area contributed by atoms with Crippen LogP contribution in [0.4, 0.5) is 10.8 Å². The van der Waals surface area contributed by atoms with Gasteiger partial charge in [-0.15, -0.1) is 10.2 Å². The number of hydrogen-bond donors (Lipinski definition) is 2. The Morgan fingerprint density at radius 3 is 2.79 bits per heavy atom. The zero-order valence-corrected chi connectivity index (χ0v) is 23.8. The van der Waals surface area contributed by atoms with E-state index in [1.165, 1.54) is 23.1 Å². The van der Waals surface area contributed by atoms with Crippen LogP contribution in [0.1, 0.15) is 36.3 Å². The SMILES string of the molecule is Cc1ccccc1NC(=O)CSc1nnc(N2C(N)=C(C#N)C(c3cccc(Cl)c3Cl)C3=C2CCCC3=O)s1. The lowest BCUT2D eigenvalue weighted by atomic mass is 9.76. The summed E-state index contributed by atoms with van der Waals surface area (Å²) in [6.07, 6.45) is 1.56. The zero-order chi connectivity index (χ0) is 27.7. The third-order valence-electron chi connectivity index (χ3n) is 6.54. The van der Waals surface area contributed by atoms with E-state index in [-0.39, 0.29) is 33.9 Å². The van der Waals surface area contributed by atoms with Crippen LogP contribution in [0.3, 0.4) is 0 Å². The van der Waals surface area contributed by atoms with Crippen LogP contribution in [0.5, 0.6) is 0 Å². The molecule has 3 aromatic rings. The average Bonchev–Trinajstić information content (AvgIpc) is 3.38. The molecular formula is C27H22Cl2N6O2S2. The Bertz CT molecular complexity index is 1590. The van der Waals surface area contributed by atoms with E-state index < -0.39 is 5.92 Å². The van der Waals surface area contributed by atoms with Crippen molar-refractivity contribution in [3.05, 3.63) is 86.3 Å². The van der Waals surface area contributed by atoms with Crippen LogP contribution in [0, 0.1) is 18.3 Å². The van der Waals surface area contributed by atoms with Gasteiger partial charge in [0, 0.05) is 23.4 Å². The molecular weight excluding hydrogens is 575 g/mol. The fourth-order valence-corrected chi connectivity index (χ4v) is 6.83. The molecule has 1 atom stereocenters. The van der Waals surface area contributed by atoms with Gasteiger partial charge in [-0.1, -0.05) is 76.6 Å². The second kappa shape index (κ2) is 11.4. The van der Waals surface area contributed by atoms with E-state index >= 15 is 0 Å². The number of carbonyl (C=O) groups excluding carboxylic acids is 2. The molecule has 1 amide bonds. The summed E-state index contributed by atoms with van der Waals surface area (Å²) in [6.45, 7) is 1.93. The van der Waals surface area contributed by atoms with Crippen LogP contribution in [-0.2, 0) is 9.59 Å². The molecule has 12 heteroatoms. The van der Waals surface area contributed by atoms with E-state index in [0.29, 0.717) is 50.6 Å². The Balaban J connectivity index is 1.45. The molecule has 0 saturated carbocycles. The van der Waals surface area contributed by atoms with E-state index in [2.05, 4.69) is 21.6 Å². The number of thioether (sulfide) groups is 1. The van der Waals surface area contributed by atoms with Gasteiger partial charge in [-0.2, -0.15) is 5.26 Å². The number of carbonyl (C=O) groups is 2. The van der Waals surface area contributed by atoms with Crippen molar-refractivity contribution in [1.29, 1.82) is 5.26 Å². The minimum Gasteiger partial charge on any atom is -0.384 e. The van der Waals surface area contributed by atoms with E-state index in [9.17, 15) is 14.9 Å². The van der Waals surface area contributed by atoms with Gasteiger partial charge in [0.2, 0.25) is 11.0 Å². The first kappa shape index (κ1) is 27.2. The molecule has 198 valence electrons. The molecule has 0 radical (unpaired) electrons. The number of benzene rings is 2. The fourth-order valence-electron chi connectivity index (χ4n) is 4.74. The van der Waals surface area contributed by atoms with Gasteiger partial charge in [0.05, 0.1) is 33.4 Å². The first-order valence-corrected chi connectivity index (χ1v) is 14.6. The zero-order valence-electron chi connectivity index (χ0n) is 20.7. The van der Waals surface area contributed by atoms with Gasteiger partial charge >= 0.3 is 0 Å². The highest BCUT2D eigenvalue weighted by Gasteiger charge is 2.42. The van der Waals surface area contributed by atoms with Crippen LogP contribution in [-0.4, -0.2) is 27.6 Å². The number of aromatic nitrogens is 2. The number of ketones is 1. The van der Waals surface area contributed by atoms with Crippen LogP contribution >= 0.6 is 46.3 Å². The molecule has 2 aliphatic rings. The highest BCUT2D eigenvalue weighted by atomic mass is 35.5. The van der Waals surface area contributed by atoms with Crippen molar-refractivity contribution in [3.63, 3.8) is 0 Å². The highest BCUT2D eigenvalue weighted by molar-refractivity contribution is 8.01. The minimum absolute atomic E-state index is 0.0745. The number of nitrogens with two attached hydrogens (primary N) is 1. The van der Waals surface area contributed by atoms with E-state index in [1.807, 2.05) is 31.2 Å². The highest BCUT2D eigenvalue weighted by Crippen LogP contribution is 2.49. The van der Waals surface area contributed by atoms with Gasteiger partial charge in [-0.05, 0) is 43.0 Å². The molecule has 0 saturated heterocycles. The minimum atomic E-state index is -0.729. The Labute approximate surface area is 243 Å². The Morgan fingerprint density at radius 2 is 2.03 bits per heavy atom. The summed E-state index contributed by atoms with van der Waals surface area (Å²) < 4.78 is 0.556. The number of nitriles is 1. The molecule has 0 bridgehead atoms. The third kappa shape index (κ3) is 5.28. The lowest BCUT2D eigenvalue weighted by Crippen LogP contribution is -2.38. The molecule has 0 fully saturated rings. The molecule has 1 aromatic heterocycles. The molecule has 0 spiro atoms. The number of hydrogen-bond acceptors (Lipinski definition) is 9. The predicted molar refractivity (Wildman–Crippen MR) is 155 cm³/mol. The fraction of sp³-hybridized carbons (Fsp3) is 0.222. The molecule has 1 aliphatic heterocycles. The number of aryl methyl sites for hydroxylation is 1. The lowest BCUT2D eigenvalue weighted by molar-refractivity contribution is -0.116. The molecule has 39 heavy (non-hydrogen) atoms. The molecule has 8 nitrogen and oxygen atoms in total. The van der Waals surface area contributed by atoms with Gasteiger partial charge in [0.1, 0.15) is 5.82 Å². The average molecular weight is 598 g/mol. The van der Waals surface area contributed by atoms with Crippen LogP contribution < -0.4 is 16.0 Å². The van der Waals surface area contributed by atoms with Crippen molar-refractivity contribution in [1.82, 2.24) is 10.2 Å². The van der Waals surface area contributed by atoms with Gasteiger partial charge in [0.15, 0.2) is 10.1 Å². The molecule has 1 unspecified atom stereocenters. The standard InChI is InChI=1S/C27H22Cl2N6O2S2/c1-14-6-2-3-9-18(14)32-21(37)13-38-27-34-33-26(39-27)35-19-10-5-11-20(36)23(19)22(16(12-30)25(35)31)15-7-4-8-17(28)24(15)29/h2-4,6-9,22H,5,10-11,13,31H2,1H3,(H,32,37). The van der Waals surface area contributed by atoms with E-state index in [4.69, 9.17) is 28.9 Å². The van der Waals surface area contributed by atoms with Crippen LogP contribution in [0.2, 0.25) is 10.0 Å². The second-order valence-corrected chi connectivity index (χ2v) is 11.9. The number of anilines is 2. The summed E-state index contributed by atoms with van der Waals surface area (Å²) in [4.78, 5) is 27.5. The monoisotopic (exact) mass is 596 g/mol. The Kier molecular flexibility index (Phi) is 7.96. The Morgan fingerprint density at radius 1 is 1.23 bits per heavy atom. The van der Waals surface area contributed by atoms with Crippen molar-refractivity contribution in [2.75, 3.05) is 16.0 Å². The quantitative estimate of drug-likeness (QED) is 0.323. The number of para-hydroxylation sites is 1. The predicted octanol–water partition coefficient (Wildman–Crippen LogP) is 6.19. The van der Waals surface area contributed by atoms with Crippen molar-refractivity contribution >= 4 is 68.8 Å². The van der Waals surface area contributed by atoms with Crippen molar-refractivity contribution in [3.8, 4) is 6.07 Å². The number of halogens is 2. The maximum Gasteiger partial charge on any atom is 0.234 e. The van der Waals surface area contributed by atoms with Crippen LogP contribution in [0.15, 0.2) is 69.5 Å². The molecule has 5 rings (SSSR count). The number of Topliss-reactive ketones (excluding diaryl/α,β-unsaturated/α-hetero) is 1.